The number of phenolic OH excluding ortho intramolecular Hbond substituents is 1. The lowest BCUT2D eigenvalue weighted by Gasteiger charge is -2.07. The van der Waals surface area contributed by atoms with E-state index in [4.69, 9.17) is 4.42 Å². The van der Waals surface area contributed by atoms with Crippen molar-refractivity contribution in [2.75, 3.05) is 0 Å². The number of phenols is 1. The quantitative estimate of drug-likeness (QED) is 0.237. The molecule has 7 heteroatoms. The Morgan fingerprint density at radius 2 is 1.66 bits per heavy atom. The van der Waals surface area contributed by atoms with Crippen molar-refractivity contribution in [3.05, 3.63) is 105 Å². The first-order chi connectivity index (χ1) is 15.4. The fourth-order valence-corrected chi connectivity index (χ4v) is 3.99. The molecule has 1 N–H and O–H groups in total. The van der Waals surface area contributed by atoms with Crippen molar-refractivity contribution in [2.24, 2.45) is 0 Å². The average Bonchev–Trinajstić information content (AvgIpc) is 3.31. The standard InChI is InChI=1S/C25H15NO6/c1-13-6-11-19(27)18(12-13)23(29)25-20(14-7-9-15(10-8-14)26(30)31)21-22(28)16-4-2-3-5-17(16)24(21)32-25/h2-12,27H,1H3. The normalized spacial score (nSPS) is 11.8. The van der Waals surface area contributed by atoms with Crippen molar-refractivity contribution in [1.82, 2.24) is 0 Å². The number of hydrogen-bond donors (Lipinski definition) is 1. The molecule has 0 saturated carbocycles. The van der Waals surface area contributed by atoms with Crippen molar-refractivity contribution < 1.29 is 24.0 Å². The molecule has 0 radical (unpaired) electrons. The summed E-state index contributed by atoms with van der Waals surface area (Å²) < 4.78 is 5.98. The minimum atomic E-state index is -0.584. The molecule has 0 amide bonds. The number of nitrogens with zero attached hydrogens (tertiary/aromatic N) is 1. The molecule has 1 aliphatic carbocycles. The van der Waals surface area contributed by atoms with Gasteiger partial charge in [-0.05, 0) is 36.8 Å². The average molecular weight is 425 g/mol. The molecule has 0 bridgehead atoms. The summed E-state index contributed by atoms with van der Waals surface area (Å²) in [4.78, 5) is 37.2. The van der Waals surface area contributed by atoms with Gasteiger partial charge in [0.05, 0.1) is 16.1 Å². The van der Waals surface area contributed by atoms with E-state index in [0.717, 1.165) is 5.56 Å². The van der Waals surface area contributed by atoms with E-state index in [-0.39, 0.29) is 45.4 Å². The number of aryl methyl sites for hydroxylation is 1. The van der Waals surface area contributed by atoms with E-state index in [9.17, 15) is 24.8 Å². The molecule has 4 aromatic rings. The number of ketones is 2. The Hall–Kier alpha value is -4.52. The molecule has 3 aromatic carbocycles. The molecular formula is C25H15NO6. The first kappa shape index (κ1) is 19.4. The van der Waals surface area contributed by atoms with Crippen molar-refractivity contribution in [1.29, 1.82) is 0 Å². The van der Waals surface area contributed by atoms with Gasteiger partial charge in [0.15, 0.2) is 11.5 Å². The third-order valence-corrected chi connectivity index (χ3v) is 5.52. The van der Waals surface area contributed by atoms with Gasteiger partial charge in [-0.3, -0.25) is 19.7 Å². The summed E-state index contributed by atoms with van der Waals surface area (Å²) in [5, 5.41) is 21.3. The van der Waals surface area contributed by atoms with Gasteiger partial charge in [-0.25, -0.2) is 0 Å². The minimum Gasteiger partial charge on any atom is -0.507 e. The first-order valence-electron chi connectivity index (χ1n) is 9.77. The van der Waals surface area contributed by atoms with Crippen molar-refractivity contribution in [3.63, 3.8) is 0 Å². The fourth-order valence-electron chi connectivity index (χ4n) is 3.99. The predicted octanol–water partition coefficient (Wildman–Crippen LogP) is 5.31. The van der Waals surface area contributed by atoms with E-state index < -0.39 is 10.7 Å². The van der Waals surface area contributed by atoms with Gasteiger partial charge >= 0.3 is 0 Å². The number of aromatic hydroxyl groups is 1. The summed E-state index contributed by atoms with van der Waals surface area (Å²) in [5.41, 5.74) is 2.64. The second kappa shape index (κ2) is 7.02. The molecule has 1 aromatic heterocycles. The van der Waals surface area contributed by atoms with E-state index in [1.165, 1.54) is 30.3 Å². The highest BCUT2D eigenvalue weighted by Gasteiger charge is 2.38. The van der Waals surface area contributed by atoms with Crippen LogP contribution in [-0.2, 0) is 0 Å². The van der Waals surface area contributed by atoms with Gasteiger partial charge in [0, 0.05) is 28.8 Å². The number of benzene rings is 3. The molecule has 32 heavy (non-hydrogen) atoms. The summed E-state index contributed by atoms with van der Waals surface area (Å²) in [7, 11) is 0. The van der Waals surface area contributed by atoms with Gasteiger partial charge in [-0.1, -0.05) is 35.9 Å². The lowest BCUT2D eigenvalue weighted by molar-refractivity contribution is -0.384. The number of carbonyl (C=O) groups is 2. The molecule has 0 aliphatic heterocycles. The van der Waals surface area contributed by atoms with Gasteiger partial charge in [-0.15, -0.1) is 0 Å². The summed E-state index contributed by atoms with van der Waals surface area (Å²) >= 11 is 0. The lowest BCUT2D eigenvalue weighted by Crippen LogP contribution is -2.05. The summed E-state index contributed by atoms with van der Waals surface area (Å²) in [6.07, 6.45) is 0. The highest BCUT2D eigenvalue weighted by molar-refractivity contribution is 6.27. The van der Waals surface area contributed by atoms with Gasteiger partial charge in [0.1, 0.15) is 11.5 Å². The monoisotopic (exact) mass is 425 g/mol. The number of fused-ring (bicyclic) bond motifs is 3. The number of non-ortho nitro benzene ring substituents is 1. The number of hydrogen-bond acceptors (Lipinski definition) is 6. The van der Waals surface area contributed by atoms with Crippen LogP contribution in [0.2, 0.25) is 0 Å². The Bertz CT molecular complexity index is 1450. The number of furan rings is 1. The summed E-state index contributed by atoms with van der Waals surface area (Å²) in [5.74, 6) is -0.917. The number of nitro benzene ring substituents is 1. The topological polar surface area (TPSA) is 111 Å². The molecule has 5 rings (SSSR count). The number of nitro groups is 1. The number of rotatable bonds is 4. The third-order valence-electron chi connectivity index (χ3n) is 5.52. The minimum absolute atomic E-state index is 0.0429. The van der Waals surface area contributed by atoms with Gasteiger partial charge < -0.3 is 9.52 Å². The summed E-state index contributed by atoms with van der Waals surface area (Å²) in [6.45, 7) is 1.79. The van der Waals surface area contributed by atoms with Crippen LogP contribution >= 0.6 is 0 Å². The highest BCUT2D eigenvalue weighted by Crippen LogP contribution is 2.46. The van der Waals surface area contributed by atoms with Crippen LogP contribution in [0.4, 0.5) is 5.69 Å². The zero-order chi connectivity index (χ0) is 22.6. The van der Waals surface area contributed by atoms with E-state index in [2.05, 4.69) is 0 Å². The van der Waals surface area contributed by atoms with Crippen LogP contribution in [0.3, 0.4) is 0 Å². The predicted molar refractivity (Wildman–Crippen MR) is 116 cm³/mol. The van der Waals surface area contributed by atoms with E-state index >= 15 is 0 Å². The zero-order valence-electron chi connectivity index (χ0n) is 16.8. The number of carbonyl (C=O) groups excluding carboxylic acids is 2. The molecule has 156 valence electrons. The molecular weight excluding hydrogens is 410 g/mol. The molecule has 0 saturated heterocycles. The van der Waals surface area contributed by atoms with E-state index in [1.807, 2.05) is 0 Å². The van der Waals surface area contributed by atoms with Crippen molar-refractivity contribution >= 4 is 17.3 Å². The van der Waals surface area contributed by atoms with Crippen LogP contribution < -0.4 is 0 Å². The molecule has 0 atom stereocenters. The molecule has 0 unspecified atom stereocenters. The highest BCUT2D eigenvalue weighted by atomic mass is 16.6. The molecule has 1 aliphatic rings. The Morgan fingerprint density at radius 3 is 2.34 bits per heavy atom. The first-order valence-corrected chi connectivity index (χ1v) is 9.77. The van der Waals surface area contributed by atoms with Crippen LogP contribution in [-0.4, -0.2) is 21.6 Å². The van der Waals surface area contributed by atoms with Crippen LogP contribution in [0, 0.1) is 17.0 Å². The SMILES string of the molecule is Cc1ccc(O)c(C(=O)c2oc3c(c2-c2ccc([N+](=O)[O-])cc2)C(=O)c2ccccc2-3)c1. The smallest absolute Gasteiger partial charge is 0.269 e. The molecule has 0 fully saturated rings. The van der Waals surface area contributed by atoms with Crippen LogP contribution in [0.25, 0.3) is 22.5 Å². The maximum absolute atomic E-state index is 13.4. The van der Waals surface area contributed by atoms with Gasteiger partial charge in [0.25, 0.3) is 5.69 Å². The summed E-state index contributed by atoms with van der Waals surface area (Å²) in [6, 6.07) is 17.1. The Balaban J connectivity index is 1.77. The second-order valence-electron chi connectivity index (χ2n) is 7.54. The van der Waals surface area contributed by atoms with Crippen LogP contribution in [0.5, 0.6) is 5.75 Å². The largest absolute Gasteiger partial charge is 0.507 e. The molecule has 0 spiro atoms. The molecule has 1 heterocycles. The van der Waals surface area contributed by atoms with Crippen LogP contribution in [0.1, 0.15) is 37.6 Å². The maximum atomic E-state index is 13.4. The van der Waals surface area contributed by atoms with Crippen molar-refractivity contribution in [3.8, 4) is 28.2 Å². The Morgan fingerprint density at radius 1 is 0.969 bits per heavy atom. The van der Waals surface area contributed by atoms with Gasteiger partial charge in [0.2, 0.25) is 5.78 Å². The third kappa shape index (κ3) is 2.83. The Kier molecular flexibility index (Phi) is 4.27. The maximum Gasteiger partial charge on any atom is 0.269 e. The van der Waals surface area contributed by atoms with E-state index in [0.29, 0.717) is 16.7 Å². The second-order valence-corrected chi connectivity index (χ2v) is 7.54. The van der Waals surface area contributed by atoms with E-state index in [1.54, 1.807) is 43.3 Å². The van der Waals surface area contributed by atoms with Crippen LogP contribution in [0.15, 0.2) is 71.1 Å². The van der Waals surface area contributed by atoms with Gasteiger partial charge in [-0.2, -0.15) is 0 Å². The zero-order valence-corrected chi connectivity index (χ0v) is 16.8. The molecule has 7 nitrogen and oxygen atoms in total. The Labute approximate surface area is 181 Å². The lowest BCUT2D eigenvalue weighted by atomic mass is 9.94. The fraction of sp³-hybridized carbons (Fsp3) is 0.0400. The van der Waals surface area contributed by atoms with Crippen molar-refractivity contribution in [2.45, 2.75) is 6.92 Å².